The molecule has 0 saturated carbocycles. The van der Waals surface area contributed by atoms with E-state index in [0.717, 1.165) is 17.9 Å². The van der Waals surface area contributed by atoms with Crippen molar-refractivity contribution in [3.8, 4) is 11.5 Å². The summed E-state index contributed by atoms with van der Waals surface area (Å²) < 4.78 is 10.3. The van der Waals surface area contributed by atoms with Gasteiger partial charge < -0.3 is 19.9 Å². The molecule has 0 radical (unpaired) electrons. The smallest absolute Gasteiger partial charge is 0.251 e. The lowest BCUT2D eigenvalue weighted by Crippen LogP contribution is -2.25. The molecule has 0 fully saturated rings. The van der Waals surface area contributed by atoms with Gasteiger partial charge >= 0.3 is 0 Å². The summed E-state index contributed by atoms with van der Waals surface area (Å²) >= 11 is 1.71. The summed E-state index contributed by atoms with van der Waals surface area (Å²) in [5, 5.41) is 11.5. The number of rotatable bonds is 9. The zero-order valence-corrected chi connectivity index (χ0v) is 12.7. The number of methoxy groups -OCH3 is 2. The van der Waals surface area contributed by atoms with Crippen LogP contribution in [0.4, 0.5) is 0 Å². The highest BCUT2D eigenvalue weighted by atomic mass is 32.2. The Hall–Kier alpha value is -1.40. The molecule has 1 aromatic carbocycles. The zero-order valence-electron chi connectivity index (χ0n) is 11.8. The molecule has 0 saturated heterocycles. The van der Waals surface area contributed by atoms with Crippen molar-refractivity contribution in [2.45, 2.75) is 6.42 Å². The van der Waals surface area contributed by atoms with Crippen molar-refractivity contribution in [2.24, 2.45) is 0 Å². The van der Waals surface area contributed by atoms with Crippen LogP contribution in [0.2, 0.25) is 0 Å². The van der Waals surface area contributed by atoms with Crippen molar-refractivity contribution in [3.63, 3.8) is 0 Å². The standard InChI is InChI=1S/C14H21NO4S/c1-18-12-8-11(9-13(10-12)19-2)14(17)15-4-7-20-6-3-5-16/h8-10,16H,3-7H2,1-2H3,(H,15,17). The van der Waals surface area contributed by atoms with Gasteiger partial charge in [-0.1, -0.05) is 0 Å². The van der Waals surface area contributed by atoms with Crippen LogP contribution < -0.4 is 14.8 Å². The van der Waals surface area contributed by atoms with Crippen LogP contribution in [0.25, 0.3) is 0 Å². The Morgan fingerprint density at radius 3 is 2.40 bits per heavy atom. The number of carbonyl (C=O) groups is 1. The number of aliphatic hydroxyl groups excluding tert-OH is 1. The predicted octanol–water partition coefficient (Wildman–Crippen LogP) is 1.55. The molecular formula is C14H21NO4S. The first-order valence-electron chi connectivity index (χ1n) is 6.41. The lowest BCUT2D eigenvalue weighted by molar-refractivity contribution is 0.0955. The molecule has 2 N–H and O–H groups in total. The second-order valence-electron chi connectivity index (χ2n) is 4.05. The molecule has 0 atom stereocenters. The van der Waals surface area contributed by atoms with E-state index in [-0.39, 0.29) is 12.5 Å². The first kappa shape index (κ1) is 16.7. The molecule has 6 heteroatoms. The summed E-state index contributed by atoms with van der Waals surface area (Å²) in [5.74, 6) is 2.76. The average molecular weight is 299 g/mol. The van der Waals surface area contributed by atoms with Crippen LogP contribution >= 0.6 is 11.8 Å². The van der Waals surface area contributed by atoms with E-state index in [4.69, 9.17) is 14.6 Å². The monoisotopic (exact) mass is 299 g/mol. The van der Waals surface area contributed by atoms with Gasteiger partial charge in [0.15, 0.2) is 0 Å². The molecule has 0 aliphatic heterocycles. The van der Waals surface area contributed by atoms with Crippen molar-refractivity contribution >= 4 is 17.7 Å². The molecule has 0 heterocycles. The van der Waals surface area contributed by atoms with Gasteiger partial charge in [-0.3, -0.25) is 4.79 Å². The molecule has 0 aliphatic rings. The summed E-state index contributed by atoms with van der Waals surface area (Å²) in [7, 11) is 3.10. The summed E-state index contributed by atoms with van der Waals surface area (Å²) in [6, 6.07) is 5.08. The van der Waals surface area contributed by atoms with E-state index >= 15 is 0 Å². The third-order valence-corrected chi connectivity index (χ3v) is 3.66. The number of hydrogen-bond acceptors (Lipinski definition) is 5. The molecule has 1 rings (SSSR count). The maximum Gasteiger partial charge on any atom is 0.251 e. The molecule has 0 bridgehead atoms. The topological polar surface area (TPSA) is 67.8 Å². The number of amides is 1. The fourth-order valence-electron chi connectivity index (χ4n) is 1.55. The van der Waals surface area contributed by atoms with Gasteiger partial charge in [-0.15, -0.1) is 0 Å². The van der Waals surface area contributed by atoms with Crippen LogP contribution in [0.1, 0.15) is 16.8 Å². The third kappa shape index (κ3) is 5.71. The number of thioether (sulfide) groups is 1. The van der Waals surface area contributed by atoms with Gasteiger partial charge in [-0.2, -0.15) is 11.8 Å². The fourth-order valence-corrected chi connectivity index (χ4v) is 2.33. The van der Waals surface area contributed by atoms with E-state index in [1.807, 2.05) is 0 Å². The van der Waals surface area contributed by atoms with Gasteiger partial charge in [0, 0.05) is 30.5 Å². The molecule has 112 valence electrons. The number of carbonyl (C=O) groups excluding carboxylic acids is 1. The van der Waals surface area contributed by atoms with Crippen LogP contribution in [-0.2, 0) is 0 Å². The first-order chi connectivity index (χ1) is 9.71. The lowest BCUT2D eigenvalue weighted by Gasteiger charge is -2.09. The minimum atomic E-state index is -0.148. The minimum absolute atomic E-state index is 0.148. The zero-order chi connectivity index (χ0) is 14.8. The average Bonchev–Trinajstić information content (AvgIpc) is 2.49. The highest BCUT2D eigenvalue weighted by molar-refractivity contribution is 7.99. The molecule has 1 aromatic rings. The van der Waals surface area contributed by atoms with E-state index < -0.39 is 0 Å². The molecule has 0 aliphatic carbocycles. The number of benzene rings is 1. The molecule has 20 heavy (non-hydrogen) atoms. The van der Waals surface area contributed by atoms with Crippen molar-refractivity contribution in [3.05, 3.63) is 23.8 Å². The third-order valence-electron chi connectivity index (χ3n) is 2.59. The maximum absolute atomic E-state index is 12.0. The largest absolute Gasteiger partial charge is 0.497 e. The Morgan fingerprint density at radius 1 is 1.20 bits per heavy atom. The van der Waals surface area contributed by atoms with Crippen molar-refractivity contribution in [1.29, 1.82) is 0 Å². The van der Waals surface area contributed by atoms with Crippen LogP contribution in [0.15, 0.2) is 18.2 Å². The van der Waals surface area contributed by atoms with Gasteiger partial charge in [0.25, 0.3) is 5.91 Å². The molecular weight excluding hydrogens is 278 g/mol. The normalized spacial score (nSPS) is 10.2. The first-order valence-corrected chi connectivity index (χ1v) is 7.56. The van der Waals surface area contributed by atoms with Gasteiger partial charge in [-0.05, 0) is 24.3 Å². The summed E-state index contributed by atoms with van der Waals surface area (Å²) in [4.78, 5) is 12.0. The molecule has 0 aromatic heterocycles. The Bertz CT molecular complexity index is 403. The minimum Gasteiger partial charge on any atom is -0.497 e. The second kappa shape index (κ2) is 9.50. The number of hydrogen-bond donors (Lipinski definition) is 2. The number of nitrogens with one attached hydrogen (secondary N) is 1. The Labute approximate surface area is 123 Å². The van der Waals surface area contributed by atoms with Gasteiger partial charge in [0.1, 0.15) is 11.5 Å². The number of aliphatic hydroxyl groups is 1. The van der Waals surface area contributed by atoms with Crippen molar-refractivity contribution in [2.75, 3.05) is 38.9 Å². The van der Waals surface area contributed by atoms with Crippen LogP contribution in [0, 0.1) is 0 Å². The summed E-state index contributed by atoms with van der Waals surface area (Å²) in [5.41, 5.74) is 0.515. The molecule has 0 unspecified atom stereocenters. The quantitative estimate of drug-likeness (QED) is 0.677. The Kier molecular flexibility index (Phi) is 7.91. The van der Waals surface area contributed by atoms with Gasteiger partial charge in [-0.25, -0.2) is 0 Å². The van der Waals surface area contributed by atoms with Crippen LogP contribution in [0.5, 0.6) is 11.5 Å². The van der Waals surface area contributed by atoms with E-state index in [0.29, 0.717) is 23.6 Å². The predicted molar refractivity (Wildman–Crippen MR) is 80.9 cm³/mol. The van der Waals surface area contributed by atoms with Crippen molar-refractivity contribution < 1.29 is 19.4 Å². The maximum atomic E-state index is 12.0. The highest BCUT2D eigenvalue weighted by Crippen LogP contribution is 2.22. The molecule has 5 nitrogen and oxygen atoms in total. The number of ether oxygens (including phenoxy) is 2. The highest BCUT2D eigenvalue weighted by Gasteiger charge is 2.09. The van der Waals surface area contributed by atoms with Gasteiger partial charge in [0.05, 0.1) is 14.2 Å². The summed E-state index contributed by atoms with van der Waals surface area (Å²) in [6.07, 6.45) is 0.783. The van der Waals surface area contributed by atoms with E-state index in [2.05, 4.69) is 5.32 Å². The molecule has 1 amide bonds. The van der Waals surface area contributed by atoms with Crippen LogP contribution in [0.3, 0.4) is 0 Å². The summed E-state index contributed by atoms with van der Waals surface area (Å²) in [6.45, 7) is 0.803. The second-order valence-corrected chi connectivity index (χ2v) is 5.27. The van der Waals surface area contributed by atoms with Crippen LogP contribution in [-0.4, -0.2) is 49.9 Å². The Morgan fingerprint density at radius 2 is 1.85 bits per heavy atom. The van der Waals surface area contributed by atoms with Gasteiger partial charge in [0.2, 0.25) is 0 Å². The fraction of sp³-hybridized carbons (Fsp3) is 0.500. The Balaban J connectivity index is 2.46. The van der Waals surface area contributed by atoms with E-state index in [9.17, 15) is 4.79 Å². The lowest BCUT2D eigenvalue weighted by atomic mass is 10.2. The van der Waals surface area contributed by atoms with E-state index in [1.165, 1.54) is 0 Å². The van der Waals surface area contributed by atoms with Crippen molar-refractivity contribution in [1.82, 2.24) is 5.32 Å². The SMILES string of the molecule is COc1cc(OC)cc(C(=O)NCCSCCCO)c1. The van der Waals surface area contributed by atoms with E-state index in [1.54, 1.807) is 44.2 Å². The molecule has 0 spiro atoms.